The lowest BCUT2D eigenvalue weighted by molar-refractivity contribution is 0.0400. The van der Waals surface area contributed by atoms with E-state index in [1.54, 1.807) is 32.9 Å². The number of carbonyl (C=O) groups excluding carboxylic acids is 1. The SMILES string of the molecule is COc1ccc(S(=O)(=O)N(CC(C)C)C[C@@H](O)[C@H](Cc2cccc(-c3ccc4c(c3)OCO4)c2)NC(=O)OC(C)(C)C)cc1. The third kappa shape index (κ3) is 8.64. The van der Waals surface area contributed by atoms with Gasteiger partial charge in [0, 0.05) is 13.1 Å². The van der Waals surface area contributed by atoms with Crippen molar-refractivity contribution in [3.8, 4) is 28.4 Å². The second-order valence-corrected chi connectivity index (χ2v) is 14.1. The Morgan fingerprint density at radius 2 is 1.66 bits per heavy atom. The second-order valence-electron chi connectivity index (χ2n) is 12.2. The monoisotopic (exact) mass is 626 g/mol. The molecule has 0 saturated heterocycles. The molecule has 0 radical (unpaired) electrons. The largest absolute Gasteiger partial charge is 0.497 e. The molecule has 0 unspecified atom stereocenters. The van der Waals surface area contributed by atoms with Crippen LogP contribution in [0.2, 0.25) is 0 Å². The number of benzene rings is 3. The summed E-state index contributed by atoms with van der Waals surface area (Å²) in [5.41, 5.74) is 1.89. The molecule has 3 aromatic carbocycles. The van der Waals surface area contributed by atoms with Crippen molar-refractivity contribution < 1.29 is 37.3 Å². The summed E-state index contributed by atoms with van der Waals surface area (Å²) in [6.45, 7) is 9.16. The van der Waals surface area contributed by atoms with Crippen LogP contribution in [0.3, 0.4) is 0 Å². The number of nitrogens with one attached hydrogen (secondary N) is 1. The van der Waals surface area contributed by atoms with E-state index in [1.807, 2.05) is 56.3 Å². The molecule has 0 saturated carbocycles. The maximum absolute atomic E-state index is 13.7. The van der Waals surface area contributed by atoms with Crippen LogP contribution in [0, 0.1) is 5.92 Å². The quantitative estimate of drug-likeness (QED) is 0.280. The van der Waals surface area contributed by atoms with Crippen molar-refractivity contribution in [2.45, 2.75) is 63.7 Å². The van der Waals surface area contributed by atoms with Gasteiger partial charge in [0.2, 0.25) is 16.8 Å². The van der Waals surface area contributed by atoms with Crippen molar-refractivity contribution in [3.05, 3.63) is 72.3 Å². The van der Waals surface area contributed by atoms with Crippen LogP contribution in [0.1, 0.15) is 40.2 Å². The molecule has 0 fully saturated rings. The summed E-state index contributed by atoms with van der Waals surface area (Å²) in [5, 5.41) is 14.4. The number of methoxy groups -OCH3 is 1. The summed E-state index contributed by atoms with van der Waals surface area (Å²) in [4.78, 5) is 13.0. The number of carbonyl (C=O) groups is 1. The molecule has 4 rings (SSSR count). The smallest absolute Gasteiger partial charge is 0.407 e. The molecule has 44 heavy (non-hydrogen) atoms. The first kappa shape index (κ1) is 33.1. The summed E-state index contributed by atoms with van der Waals surface area (Å²) in [6, 6.07) is 18.7. The van der Waals surface area contributed by atoms with Gasteiger partial charge in [-0.3, -0.25) is 0 Å². The van der Waals surface area contributed by atoms with Gasteiger partial charge in [-0.15, -0.1) is 0 Å². The Bertz CT molecular complexity index is 1530. The summed E-state index contributed by atoms with van der Waals surface area (Å²) in [7, 11) is -2.47. The Balaban J connectivity index is 1.61. The summed E-state index contributed by atoms with van der Waals surface area (Å²) in [6.07, 6.45) is -1.75. The normalized spacial score (nSPS) is 14.4. The fraction of sp³-hybridized carbons (Fsp3) is 0.424. The average Bonchev–Trinajstić information content (AvgIpc) is 3.43. The van der Waals surface area contributed by atoms with Crippen molar-refractivity contribution in [2.24, 2.45) is 5.92 Å². The zero-order valence-corrected chi connectivity index (χ0v) is 26.9. The van der Waals surface area contributed by atoms with Gasteiger partial charge in [-0.05, 0) is 86.2 Å². The summed E-state index contributed by atoms with van der Waals surface area (Å²) < 4.78 is 50.3. The van der Waals surface area contributed by atoms with Crippen molar-refractivity contribution in [3.63, 3.8) is 0 Å². The molecule has 0 spiro atoms. The van der Waals surface area contributed by atoms with Crippen LogP contribution in [0.15, 0.2) is 71.6 Å². The Labute approximate surface area is 259 Å². The lowest BCUT2D eigenvalue weighted by atomic mass is 9.97. The van der Waals surface area contributed by atoms with Gasteiger partial charge in [0.15, 0.2) is 11.5 Å². The van der Waals surface area contributed by atoms with Gasteiger partial charge in [0.25, 0.3) is 0 Å². The highest BCUT2D eigenvalue weighted by molar-refractivity contribution is 7.89. The minimum absolute atomic E-state index is 0.0223. The molecule has 0 aliphatic carbocycles. The number of ether oxygens (including phenoxy) is 4. The number of hydrogen-bond acceptors (Lipinski definition) is 8. The first-order valence-corrected chi connectivity index (χ1v) is 16.0. The Morgan fingerprint density at radius 3 is 2.32 bits per heavy atom. The first-order chi connectivity index (χ1) is 20.7. The summed E-state index contributed by atoms with van der Waals surface area (Å²) in [5.74, 6) is 1.86. The molecular formula is C33H42N2O8S. The van der Waals surface area contributed by atoms with Gasteiger partial charge < -0.3 is 29.4 Å². The van der Waals surface area contributed by atoms with E-state index in [-0.39, 0.29) is 37.1 Å². The highest BCUT2D eigenvalue weighted by Crippen LogP contribution is 2.36. The maximum atomic E-state index is 13.7. The molecule has 1 heterocycles. The van der Waals surface area contributed by atoms with Crippen molar-refractivity contribution in [1.82, 2.24) is 9.62 Å². The number of alkyl carbamates (subject to hydrolysis) is 1. The van der Waals surface area contributed by atoms with E-state index in [0.29, 0.717) is 17.2 Å². The standard InChI is InChI=1S/C33H42N2O8S/c1-22(2)19-35(44(38,39)27-13-11-26(40-6)12-14-27)20-29(36)28(34-32(37)43-33(3,4)5)17-23-8-7-9-24(16-23)25-10-15-30-31(18-25)42-21-41-30/h7-16,18,22,28-29,36H,17,19-21H2,1-6H3,(H,34,37)/t28-,29+/m0/s1. The zero-order chi connectivity index (χ0) is 32.1. The van der Waals surface area contributed by atoms with Gasteiger partial charge in [0.1, 0.15) is 11.4 Å². The highest BCUT2D eigenvalue weighted by Gasteiger charge is 2.32. The molecule has 0 bridgehead atoms. The molecule has 238 valence electrons. The van der Waals surface area contributed by atoms with Crippen LogP contribution >= 0.6 is 0 Å². The molecule has 2 atom stereocenters. The number of rotatable bonds is 12. The third-order valence-electron chi connectivity index (χ3n) is 6.91. The van der Waals surface area contributed by atoms with E-state index in [2.05, 4.69) is 5.32 Å². The van der Waals surface area contributed by atoms with E-state index in [0.717, 1.165) is 16.7 Å². The minimum Gasteiger partial charge on any atom is -0.497 e. The predicted octanol–water partition coefficient (Wildman–Crippen LogP) is 5.23. The number of aliphatic hydroxyl groups excluding tert-OH is 1. The first-order valence-electron chi connectivity index (χ1n) is 14.6. The fourth-order valence-electron chi connectivity index (χ4n) is 4.86. The zero-order valence-electron chi connectivity index (χ0n) is 26.1. The van der Waals surface area contributed by atoms with E-state index >= 15 is 0 Å². The molecular weight excluding hydrogens is 584 g/mol. The number of fused-ring (bicyclic) bond motifs is 1. The molecule has 2 N–H and O–H groups in total. The van der Waals surface area contributed by atoms with Gasteiger partial charge in [-0.1, -0.05) is 44.2 Å². The highest BCUT2D eigenvalue weighted by atomic mass is 32.2. The van der Waals surface area contributed by atoms with Gasteiger partial charge in [-0.2, -0.15) is 4.31 Å². The number of aliphatic hydroxyl groups is 1. The molecule has 1 amide bonds. The van der Waals surface area contributed by atoms with Crippen molar-refractivity contribution in [1.29, 1.82) is 0 Å². The topological polar surface area (TPSA) is 124 Å². The van der Waals surface area contributed by atoms with Crippen LogP contribution in [0.5, 0.6) is 17.2 Å². The van der Waals surface area contributed by atoms with Crippen molar-refractivity contribution in [2.75, 3.05) is 27.0 Å². The van der Waals surface area contributed by atoms with Crippen LogP contribution in [0.4, 0.5) is 4.79 Å². The van der Waals surface area contributed by atoms with Crippen LogP contribution < -0.4 is 19.5 Å². The van der Waals surface area contributed by atoms with E-state index < -0.39 is 33.9 Å². The lowest BCUT2D eigenvalue weighted by Gasteiger charge is -2.31. The minimum atomic E-state index is -3.98. The third-order valence-corrected chi connectivity index (χ3v) is 8.76. The average molecular weight is 627 g/mol. The molecule has 0 aromatic heterocycles. The van der Waals surface area contributed by atoms with Gasteiger partial charge in [0.05, 0.1) is 24.2 Å². The molecule has 10 nitrogen and oxygen atoms in total. The maximum Gasteiger partial charge on any atom is 0.407 e. The van der Waals surface area contributed by atoms with E-state index in [4.69, 9.17) is 18.9 Å². The van der Waals surface area contributed by atoms with E-state index in [9.17, 15) is 18.3 Å². The Hall–Kier alpha value is -3.80. The van der Waals surface area contributed by atoms with Crippen LogP contribution in [0.25, 0.3) is 11.1 Å². The second kappa shape index (κ2) is 13.9. The van der Waals surface area contributed by atoms with Gasteiger partial charge in [-0.25, -0.2) is 13.2 Å². The number of nitrogens with zero attached hydrogens (tertiary/aromatic N) is 1. The number of amides is 1. The number of hydrogen-bond donors (Lipinski definition) is 2. The van der Waals surface area contributed by atoms with Gasteiger partial charge >= 0.3 is 6.09 Å². The molecule has 1 aliphatic heterocycles. The molecule has 1 aliphatic rings. The Kier molecular flexibility index (Phi) is 10.4. The fourth-order valence-corrected chi connectivity index (χ4v) is 6.48. The Morgan fingerprint density at radius 1 is 0.977 bits per heavy atom. The van der Waals surface area contributed by atoms with Crippen LogP contribution in [-0.4, -0.2) is 68.7 Å². The lowest BCUT2D eigenvalue weighted by Crippen LogP contribution is -2.51. The molecule has 3 aromatic rings. The molecule has 11 heteroatoms. The predicted molar refractivity (Wildman–Crippen MR) is 167 cm³/mol. The van der Waals surface area contributed by atoms with Crippen LogP contribution in [-0.2, 0) is 21.2 Å². The number of sulfonamides is 1. The van der Waals surface area contributed by atoms with Crippen molar-refractivity contribution >= 4 is 16.1 Å². The summed E-state index contributed by atoms with van der Waals surface area (Å²) >= 11 is 0. The van der Waals surface area contributed by atoms with E-state index in [1.165, 1.54) is 23.5 Å².